The van der Waals surface area contributed by atoms with E-state index in [1.165, 1.54) is 42.1 Å². The molecule has 0 radical (unpaired) electrons. The quantitative estimate of drug-likeness (QED) is 0.262. The number of fused-ring (bicyclic) bond motifs is 1. The Hall–Kier alpha value is -3.26. The standard InChI is InChI=1S/C24H18F4N2OS/c25-17-11-9-16(10-12-17)13-30-14-22(18-5-1-4-8-21(18)30)32-15-23(31)29-20-7-3-2-6-19(20)24(26,27)28/h1-12,14H,13,15H2,(H,29,31). The maximum atomic E-state index is 13.2. The Morgan fingerprint density at radius 3 is 2.38 bits per heavy atom. The summed E-state index contributed by atoms with van der Waals surface area (Å²) in [7, 11) is 0. The molecule has 1 aromatic heterocycles. The zero-order valence-electron chi connectivity index (χ0n) is 16.7. The molecule has 0 spiro atoms. The van der Waals surface area contributed by atoms with Crippen molar-refractivity contribution in [2.24, 2.45) is 0 Å². The number of rotatable bonds is 6. The molecule has 3 aromatic carbocycles. The van der Waals surface area contributed by atoms with Gasteiger partial charge < -0.3 is 9.88 Å². The fraction of sp³-hybridized carbons (Fsp3) is 0.125. The molecule has 164 valence electrons. The summed E-state index contributed by atoms with van der Waals surface area (Å²) in [4.78, 5) is 13.2. The van der Waals surface area contributed by atoms with Crippen molar-refractivity contribution in [1.29, 1.82) is 0 Å². The van der Waals surface area contributed by atoms with Gasteiger partial charge in [0.05, 0.1) is 17.0 Å². The van der Waals surface area contributed by atoms with Crippen molar-refractivity contribution >= 4 is 34.3 Å². The molecule has 1 amide bonds. The minimum Gasteiger partial charge on any atom is -0.342 e. The number of hydrogen-bond acceptors (Lipinski definition) is 2. The zero-order valence-corrected chi connectivity index (χ0v) is 17.5. The van der Waals surface area contributed by atoms with Crippen LogP contribution in [-0.2, 0) is 17.5 Å². The summed E-state index contributed by atoms with van der Waals surface area (Å²) in [6, 6.07) is 18.8. The van der Waals surface area contributed by atoms with Gasteiger partial charge in [-0.1, -0.05) is 42.5 Å². The fourth-order valence-corrected chi connectivity index (χ4v) is 4.30. The van der Waals surface area contributed by atoms with E-state index < -0.39 is 17.6 Å². The molecule has 1 heterocycles. The molecular weight excluding hydrogens is 440 g/mol. The third-order valence-corrected chi connectivity index (χ3v) is 5.93. The van der Waals surface area contributed by atoms with Crippen LogP contribution in [0.3, 0.4) is 0 Å². The van der Waals surface area contributed by atoms with Crippen LogP contribution in [-0.4, -0.2) is 16.2 Å². The molecule has 32 heavy (non-hydrogen) atoms. The second-order valence-electron chi connectivity index (χ2n) is 7.15. The van der Waals surface area contributed by atoms with Crippen LogP contribution in [0, 0.1) is 5.82 Å². The van der Waals surface area contributed by atoms with Gasteiger partial charge >= 0.3 is 6.18 Å². The van der Waals surface area contributed by atoms with Gasteiger partial charge in [-0.3, -0.25) is 4.79 Å². The molecule has 0 atom stereocenters. The van der Waals surface area contributed by atoms with Crippen LogP contribution < -0.4 is 5.32 Å². The van der Waals surface area contributed by atoms with Gasteiger partial charge in [0.15, 0.2) is 0 Å². The summed E-state index contributed by atoms with van der Waals surface area (Å²) >= 11 is 1.25. The first kappa shape index (κ1) is 22.0. The van der Waals surface area contributed by atoms with E-state index in [1.807, 2.05) is 35.0 Å². The number of halogens is 4. The smallest absolute Gasteiger partial charge is 0.342 e. The number of nitrogens with zero attached hydrogens (tertiary/aromatic N) is 1. The molecule has 0 fully saturated rings. The molecule has 4 rings (SSSR count). The van der Waals surface area contributed by atoms with Crippen molar-refractivity contribution in [2.45, 2.75) is 17.6 Å². The summed E-state index contributed by atoms with van der Waals surface area (Å²) < 4.78 is 54.6. The Morgan fingerprint density at radius 2 is 1.62 bits per heavy atom. The SMILES string of the molecule is O=C(CSc1cn(Cc2ccc(F)cc2)c2ccccc12)Nc1ccccc1C(F)(F)F. The lowest BCUT2D eigenvalue weighted by atomic mass is 10.1. The Morgan fingerprint density at radius 1 is 0.938 bits per heavy atom. The van der Waals surface area contributed by atoms with Crippen LogP contribution in [0.25, 0.3) is 10.9 Å². The Kier molecular flexibility index (Phi) is 6.23. The lowest BCUT2D eigenvalue weighted by Crippen LogP contribution is -2.18. The van der Waals surface area contributed by atoms with E-state index in [1.54, 1.807) is 12.1 Å². The molecule has 0 aliphatic heterocycles. The van der Waals surface area contributed by atoms with Crippen LogP contribution >= 0.6 is 11.8 Å². The summed E-state index contributed by atoms with van der Waals surface area (Å²) in [6.07, 6.45) is -2.65. The van der Waals surface area contributed by atoms with Crippen molar-refractivity contribution in [3.05, 3.63) is 95.9 Å². The number of carbonyl (C=O) groups is 1. The van der Waals surface area contributed by atoms with Crippen molar-refractivity contribution in [2.75, 3.05) is 11.1 Å². The molecule has 0 bridgehead atoms. The van der Waals surface area contributed by atoms with Crippen LogP contribution in [0.15, 0.2) is 83.9 Å². The normalized spacial score (nSPS) is 11.6. The van der Waals surface area contributed by atoms with Crippen LogP contribution in [0.4, 0.5) is 23.2 Å². The van der Waals surface area contributed by atoms with Crippen molar-refractivity contribution < 1.29 is 22.4 Å². The molecule has 0 aliphatic rings. The maximum Gasteiger partial charge on any atom is 0.418 e. The molecule has 1 N–H and O–H groups in total. The number of hydrogen-bond donors (Lipinski definition) is 1. The van der Waals surface area contributed by atoms with Gasteiger partial charge in [0.2, 0.25) is 5.91 Å². The first-order valence-electron chi connectivity index (χ1n) is 9.72. The third-order valence-electron chi connectivity index (χ3n) is 4.88. The maximum absolute atomic E-state index is 13.2. The lowest BCUT2D eigenvalue weighted by Gasteiger charge is -2.13. The third kappa shape index (κ3) is 4.96. The summed E-state index contributed by atoms with van der Waals surface area (Å²) in [5.41, 5.74) is 0.728. The van der Waals surface area contributed by atoms with E-state index >= 15 is 0 Å². The monoisotopic (exact) mass is 458 g/mol. The predicted octanol–water partition coefficient (Wildman–Crippen LogP) is 6.58. The molecule has 0 saturated heterocycles. The average Bonchev–Trinajstić information content (AvgIpc) is 3.11. The van der Waals surface area contributed by atoms with Crippen molar-refractivity contribution in [3.63, 3.8) is 0 Å². The van der Waals surface area contributed by atoms with Gasteiger partial charge in [-0.05, 0) is 35.9 Å². The highest BCUT2D eigenvalue weighted by Gasteiger charge is 2.33. The highest BCUT2D eigenvalue weighted by atomic mass is 32.2. The summed E-state index contributed by atoms with van der Waals surface area (Å²) in [6.45, 7) is 0.520. The fourth-order valence-electron chi connectivity index (χ4n) is 3.41. The van der Waals surface area contributed by atoms with Gasteiger partial charge in [0.25, 0.3) is 0 Å². The number of anilines is 1. The Labute approximate surface area is 186 Å². The van der Waals surface area contributed by atoms with E-state index in [2.05, 4.69) is 5.32 Å². The van der Waals surface area contributed by atoms with Gasteiger partial charge in [0.1, 0.15) is 5.82 Å². The number of thioether (sulfide) groups is 1. The van der Waals surface area contributed by atoms with Gasteiger partial charge in [-0.2, -0.15) is 13.2 Å². The molecule has 0 aliphatic carbocycles. The lowest BCUT2D eigenvalue weighted by molar-refractivity contribution is -0.137. The molecule has 4 aromatic rings. The summed E-state index contributed by atoms with van der Waals surface area (Å²) in [5.74, 6) is -0.876. The molecule has 8 heteroatoms. The zero-order chi connectivity index (χ0) is 22.7. The second-order valence-corrected chi connectivity index (χ2v) is 8.16. The second kappa shape index (κ2) is 9.08. The van der Waals surface area contributed by atoms with E-state index in [0.29, 0.717) is 6.54 Å². The first-order valence-corrected chi connectivity index (χ1v) is 10.7. The highest BCUT2D eigenvalue weighted by Crippen LogP contribution is 2.35. The number of para-hydroxylation sites is 2. The van der Waals surface area contributed by atoms with Gasteiger partial charge in [-0.25, -0.2) is 4.39 Å². The number of carbonyl (C=O) groups excluding carboxylic acids is 1. The number of amides is 1. The van der Waals surface area contributed by atoms with Crippen molar-refractivity contribution in [3.8, 4) is 0 Å². The van der Waals surface area contributed by atoms with E-state index in [9.17, 15) is 22.4 Å². The number of benzene rings is 3. The minimum absolute atomic E-state index is 0.0449. The summed E-state index contributed by atoms with van der Waals surface area (Å²) in [5, 5.41) is 3.30. The van der Waals surface area contributed by atoms with E-state index in [0.717, 1.165) is 27.4 Å². The van der Waals surface area contributed by atoms with Crippen molar-refractivity contribution in [1.82, 2.24) is 4.57 Å². The Bertz CT molecular complexity index is 1250. The van der Waals surface area contributed by atoms with Gasteiger partial charge in [0, 0.05) is 28.5 Å². The van der Waals surface area contributed by atoms with E-state index in [4.69, 9.17) is 0 Å². The molecule has 3 nitrogen and oxygen atoms in total. The average molecular weight is 458 g/mol. The van der Waals surface area contributed by atoms with Gasteiger partial charge in [-0.15, -0.1) is 11.8 Å². The number of aromatic nitrogens is 1. The minimum atomic E-state index is -4.55. The number of alkyl halides is 3. The molecular formula is C24H18F4N2OS. The molecule has 0 unspecified atom stereocenters. The van der Waals surface area contributed by atoms with Crippen LogP contribution in [0.5, 0.6) is 0 Å². The topological polar surface area (TPSA) is 34.0 Å². The largest absolute Gasteiger partial charge is 0.418 e. The number of nitrogens with one attached hydrogen (secondary N) is 1. The Balaban J connectivity index is 1.50. The van der Waals surface area contributed by atoms with Crippen LogP contribution in [0.2, 0.25) is 0 Å². The molecule has 0 saturated carbocycles. The highest BCUT2D eigenvalue weighted by molar-refractivity contribution is 8.00. The predicted molar refractivity (Wildman–Crippen MR) is 118 cm³/mol. The first-order chi connectivity index (χ1) is 15.3. The van der Waals surface area contributed by atoms with E-state index in [-0.39, 0.29) is 17.3 Å². The van der Waals surface area contributed by atoms with Crippen LogP contribution in [0.1, 0.15) is 11.1 Å².